The monoisotopic (exact) mass is 770 g/mol. The molecule has 3 aromatic rings. The number of ether oxygens (including phenoxy) is 2. The molecule has 19 heteroatoms. The summed E-state index contributed by atoms with van der Waals surface area (Å²) in [5.41, 5.74) is -0.200. The normalized spacial score (nSPS) is 31.6. The Labute approximate surface area is 325 Å². The van der Waals surface area contributed by atoms with Crippen molar-refractivity contribution >= 4 is 29.1 Å². The van der Waals surface area contributed by atoms with Gasteiger partial charge in [-0.25, -0.2) is 43.1 Å². The maximum absolute atomic E-state index is 12.6. The number of hydrogen-bond donors (Lipinski definition) is 2. The molecule has 54 heavy (non-hydrogen) atoms. The molecule has 0 unspecified atom stereocenters. The second-order valence-electron chi connectivity index (χ2n) is 15.6. The number of carboxylic acid groups (broad SMARTS) is 1. The van der Waals surface area contributed by atoms with Crippen LogP contribution in [0.15, 0.2) is 37.2 Å². The van der Waals surface area contributed by atoms with Crippen LogP contribution < -0.4 is 28.3 Å². The maximum Gasteiger partial charge on any atom is 1.00 e. The van der Waals surface area contributed by atoms with Gasteiger partial charge < -0.3 is 25.2 Å². The van der Waals surface area contributed by atoms with Gasteiger partial charge in [0.05, 0.1) is 55.8 Å². The molecule has 3 aromatic heterocycles. The fraction of sp³-hybridized carbons (Fsp3) is 0.571. The Kier molecular flexibility index (Phi) is 12.6. The standard InChI is InChI=1S/C12H13FN2O2.C11H11FN2O3.C8H12O2.C4H2ClFN2.Li.H2O/c1-8(16)12-4-11(5-12,6-12)7-17-10-14-2-9(13)3-15-10;12-7-1-13-9(14-2-7)17-6-10-3-11(4-10,5-10)8(15)16;1-6(10)8-2-7(3-8,4-8)5-9;5-4-7-1-3(6)2-8-4;;/h2-3H,4-7H2,1H3;1-2H,3-6H2,(H,15,16);9H,2-5H2,1H3;1-2H;;1H2/q;;;;+1;/p-1. The predicted octanol–water partition coefficient (Wildman–Crippen LogP) is 1.84. The Hall–Kier alpha value is -3.75. The van der Waals surface area contributed by atoms with E-state index in [0.29, 0.717) is 38.3 Å². The van der Waals surface area contributed by atoms with E-state index < -0.39 is 28.8 Å². The third-order valence-electron chi connectivity index (χ3n) is 11.5. The molecule has 9 aliphatic carbocycles. The second-order valence-corrected chi connectivity index (χ2v) is 16.0. The number of carbonyl (C=O) groups excluding carboxylic acids is 2. The Morgan fingerprint density at radius 1 is 0.630 bits per heavy atom. The molecule has 0 amide bonds. The number of aliphatic carboxylic acids is 1. The molecule has 0 spiro atoms. The minimum absolute atomic E-state index is 0. The molecule has 6 bridgehead atoms. The van der Waals surface area contributed by atoms with Gasteiger partial charge in [-0.1, -0.05) is 0 Å². The molecule has 3 heterocycles. The van der Waals surface area contributed by atoms with Gasteiger partial charge in [-0.2, -0.15) is 0 Å². The van der Waals surface area contributed by atoms with Crippen molar-refractivity contribution in [2.24, 2.45) is 32.5 Å². The maximum atomic E-state index is 12.6. The van der Waals surface area contributed by atoms with Crippen molar-refractivity contribution in [3.8, 4) is 12.0 Å². The van der Waals surface area contributed by atoms with Crippen LogP contribution in [0.2, 0.25) is 5.28 Å². The smallest absolute Gasteiger partial charge is 0.870 e. The minimum atomic E-state index is -0.711. The van der Waals surface area contributed by atoms with Gasteiger partial charge in [0.2, 0.25) is 5.28 Å². The molecule has 0 radical (unpaired) electrons. The van der Waals surface area contributed by atoms with Crippen molar-refractivity contribution in [3.05, 3.63) is 59.9 Å². The van der Waals surface area contributed by atoms with Crippen molar-refractivity contribution in [3.63, 3.8) is 0 Å². The summed E-state index contributed by atoms with van der Waals surface area (Å²) in [5.74, 6) is -1.56. The van der Waals surface area contributed by atoms with E-state index in [1.807, 2.05) is 0 Å². The first-order valence-electron chi connectivity index (χ1n) is 16.7. The van der Waals surface area contributed by atoms with Crippen LogP contribution in [0, 0.1) is 49.9 Å². The van der Waals surface area contributed by atoms with Gasteiger partial charge in [-0.05, 0) is 88.7 Å². The van der Waals surface area contributed by atoms with Gasteiger partial charge in [0.15, 0.2) is 17.5 Å². The molecular formula is C35H39ClF3LiN6O8. The Balaban J connectivity index is 0.000000165. The summed E-state index contributed by atoms with van der Waals surface area (Å²) in [7, 11) is 0. The van der Waals surface area contributed by atoms with Crippen LogP contribution in [-0.4, -0.2) is 82.9 Å². The first-order chi connectivity index (χ1) is 24.5. The topological polar surface area (TPSA) is 217 Å². The number of ketones is 2. The van der Waals surface area contributed by atoms with Crippen LogP contribution in [0.5, 0.6) is 12.0 Å². The van der Waals surface area contributed by atoms with Crippen molar-refractivity contribution in [1.82, 2.24) is 29.9 Å². The first kappa shape index (κ1) is 43.0. The number of halogens is 4. The fourth-order valence-corrected chi connectivity index (χ4v) is 9.02. The van der Waals surface area contributed by atoms with Gasteiger partial charge in [0.25, 0.3) is 0 Å². The van der Waals surface area contributed by atoms with E-state index in [9.17, 15) is 27.6 Å². The van der Waals surface area contributed by atoms with E-state index in [2.05, 4.69) is 29.9 Å². The number of aliphatic hydroxyl groups excluding tert-OH is 1. The molecule has 9 saturated carbocycles. The first-order valence-corrected chi connectivity index (χ1v) is 17.1. The Morgan fingerprint density at radius 2 is 0.926 bits per heavy atom. The summed E-state index contributed by atoms with van der Waals surface area (Å²) in [4.78, 5) is 54.7. The van der Waals surface area contributed by atoms with Crippen LogP contribution in [0.4, 0.5) is 13.2 Å². The van der Waals surface area contributed by atoms with E-state index in [0.717, 1.165) is 75.7 Å². The van der Waals surface area contributed by atoms with E-state index in [1.54, 1.807) is 13.8 Å². The summed E-state index contributed by atoms with van der Waals surface area (Å²) in [6.45, 7) is 4.54. The number of nitrogens with zero attached hydrogens (tertiary/aromatic N) is 6. The zero-order chi connectivity index (χ0) is 37.6. The molecule has 9 fully saturated rings. The molecule has 0 aliphatic heterocycles. The average Bonchev–Trinajstić information content (AvgIpc) is 2.97. The summed E-state index contributed by atoms with van der Waals surface area (Å²) in [6.07, 6.45) is 13.9. The second kappa shape index (κ2) is 15.8. The zero-order valence-corrected chi connectivity index (χ0v) is 30.8. The number of aromatic nitrogens is 6. The van der Waals surface area contributed by atoms with Gasteiger partial charge in [-0.15, -0.1) is 0 Å². The van der Waals surface area contributed by atoms with E-state index in [-0.39, 0.29) is 81.1 Å². The predicted molar refractivity (Wildman–Crippen MR) is 176 cm³/mol. The van der Waals surface area contributed by atoms with Gasteiger partial charge in [0, 0.05) is 28.3 Å². The largest absolute Gasteiger partial charge is 1.00 e. The van der Waals surface area contributed by atoms with Crippen LogP contribution in [0.3, 0.4) is 0 Å². The van der Waals surface area contributed by atoms with Crippen LogP contribution in [-0.2, 0) is 14.4 Å². The number of carboxylic acids is 1. The molecule has 0 atom stereocenters. The average molecular weight is 771 g/mol. The van der Waals surface area contributed by atoms with Gasteiger partial charge in [0.1, 0.15) is 11.6 Å². The van der Waals surface area contributed by atoms with E-state index >= 15 is 0 Å². The third-order valence-corrected chi connectivity index (χ3v) is 11.7. The van der Waals surface area contributed by atoms with Crippen LogP contribution >= 0.6 is 11.6 Å². The van der Waals surface area contributed by atoms with E-state index in [4.69, 9.17) is 31.3 Å². The summed E-state index contributed by atoms with van der Waals surface area (Å²) in [6, 6.07) is 0.341. The zero-order valence-electron chi connectivity index (χ0n) is 30.0. The fourth-order valence-electron chi connectivity index (χ4n) is 8.92. The SMILES string of the molecule is CC(=O)C12CC(CO)(C1)C2.CC(=O)C12CC(COc3ncc(F)cn3)(C1)C2.Fc1cnc(Cl)nc1.O=C(O)C12CC(COc3ncc(F)cn3)(C1)C2.[Li+].[OH-]. The van der Waals surface area contributed by atoms with Crippen LogP contribution in [0.25, 0.3) is 0 Å². The van der Waals surface area contributed by atoms with Crippen LogP contribution in [0.1, 0.15) is 71.6 Å². The third kappa shape index (κ3) is 8.40. The number of aliphatic hydroxyl groups is 1. The number of carbonyl (C=O) groups is 3. The molecule has 286 valence electrons. The summed E-state index contributed by atoms with van der Waals surface area (Å²) >= 11 is 5.22. The molecule has 14 nitrogen and oxygen atoms in total. The molecule has 0 saturated heterocycles. The molecular weight excluding hydrogens is 732 g/mol. The van der Waals surface area contributed by atoms with E-state index in [1.165, 1.54) is 0 Å². The minimum Gasteiger partial charge on any atom is -0.870 e. The summed E-state index contributed by atoms with van der Waals surface area (Å²) in [5, 5.41) is 17.9. The van der Waals surface area contributed by atoms with Crippen molar-refractivity contribution in [1.29, 1.82) is 0 Å². The summed E-state index contributed by atoms with van der Waals surface area (Å²) < 4.78 is 47.8. The van der Waals surface area contributed by atoms with Gasteiger partial charge in [-0.3, -0.25) is 14.4 Å². The van der Waals surface area contributed by atoms with Crippen molar-refractivity contribution < 1.29 is 71.6 Å². The molecule has 9 aliphatic rings. The molecule has 3 N–H and O–H groups in total. The quantitative estimate of drug-likeness (QED) is 0.222. The molecule has 0 aromatic carbocycles. The Bertz CT molecular complexity index is 1670. The number of Topliss-reactive ketones (excluding diaryl/α,β-unsaturated/α-hetero) is 2. The van der Waals surface area contributed by atoms with Crippen molar-refractivity contribution in [2.75, 3.05) is 19.8 Å². The molecule has 12 rings (SSSR count). The Morgan fingerprint density at radius 3 is 1.20 bits per heavy atom. The number of rotatable bonds is 10. The number of hydrogen-bond acceptors (Lipinski definition) is 13. The van der Waals surface area contributed by atoms with Crippen molar-refractivity contribution in [2.45, 2.75) is 71.6 Å². The van der Waals surface area contributed by atoms with Gasteiger partial charge >= 0.3 is 36.9 Å².